The summed E-state index contributed by atoms with van der Waals surface area (Å²) in [6.45, 7) is -0.477. The summed E-state index contributed by atoms with van der Waals surface area (Å²) in [6, 6.07) is 7.99. The first-order chi connectivity index (χ1) is 11.6. The van der Waals surface area contributed by atoms with Gasteiger partial charge >= 0.3 is 6.18 Å². The number of halogens is 5. The minimum absolute atomic E-state index is 0.181. The zero-order valence-electron chi connectivity index (χ0n) is 13.0. The molecule has 1 amide bonds. The first-order valence-corrected chi connectivity index (χ1v) is 7.68. The van der Waals surface area contributed by atoms with Gasteiger partial charge in [0.05, 0.1) is 18.8 Å². The highest BCUT2D eigenvalue weighted by molar-refractivity contribution is 5.83. The molecular formula is C16H16F5NO3. The van der Waals surface area contributed by atoms with Crippen LogP contribution < -0.4 is 5.32 Å². The molecule has 0 spiro atoms. The van der Waals surface area contributed by atoms with Crippen molar-refractivity contribution < 1.29 is 36.2 Å². The summed E-state index contributed by atoms with van der Waals surface area (Å²) in [4.78, 5) is 12.4. The number of nitrogens with one attached hydrogen (secondary N) is 1. The van der Waals surface area contributed by atoms with Crippen LogP contribution in [-0.2, 0) is 19.8 Å². The van der Waals surface area contributed by atoms with E-state index in [-0.39, 0.29) is 13.2 Å². The van der Waals surface area contributed by atoms with E-state index in [2.05, 4.69) is 10.1 Å². The van der Waals surface area contributed by atoms with Crippen molar-refractivity contribution in [3.05, 3.63) is 35.9 Å². The van der Waals surface area contributed by atoms with Gasteiger partial charge in [-0.15, -0.1) is 0 Å². The third kappa shape index (κ3) is 3.62. The van der Waals surface area contributed by atoms with Crippen molar-refractivity contribution in [3.8, 4) is 0 Å². The van der Waals surface area contributed by atoms with E-state index < -0.39 is 48.6 Å². The van der Waals surface area contributed by atoms with Crippen LogP contribution in [0.4, 0.5) is 22.0 Å². The number of carbonyl (C=O) groups is 1. The number of hydrogen-bond acceptors (Lipinski definition) is 3. The van der Waals surface area contributed by atoms with E-state index >= 15 is 0 Å². The molecule has 0 radical (unpaired) electrons. The minimum Gasteiger partial charge on any atom is -0.363 e. The van der Waals surface area contributed by atoms with Gasteiger partial charge in [-0.1, -0.05) is 30.3 Å². The van der Waals surface area contributed by atoms with Crippen molar-refractivity contribution in [1.82, 2.24) is 5.32 Å². The molecule has 3 rings (SSSR count). The maximum Gasteiger partial charge on any atom is 0.417 e. The third-order valence-electron chi connectivity index (χ3n) is 4.34. The monoisotopic (exact) mass is 365 g/mol. The fraction of sp³-hybridized carbons (Fsp3) is 0.562. The summed E-state index contributed by atoms with van der Waals surface area (Å²) >= 11 is 0. The topological polar surface area (TPSA) is 47.6 Å². The fourth-order valence-electron chi connectivity index (χ4n) is 3.26. The van der Waals surface area contributed by atoms with Crippen LogP contribution in [0, 0.1) is 0 Å². The van der Waals surface area contributed by atoms with Crippen LogP contribution in [0.25, 0.3) is 0 Å². The molecule has 4 nitrogen and oxygen atoms in total. The molecule has 1 heterocycles. The molecule has 0 bridgehead atoms. The average molecular weight is 365 g/mol. The number of alkyl halides is 5. The summed E-state index contributed by atoms with van der Waals surface area (Å²) in [7, 11) is 0. The van der Waals surface area contributed by atoms with Gasteiger partial charge in [0, 0.05) is 12.8 Å². The Morgan fingerprint density at radius 3 is 2.24 bits per heavy atom. The van der Waals surface area contributed by atoms with Gasteiger partial charge in [-0.05, 0) is 5.56 Å². The Labute approximate surface area is 140 Å². The van der Waals surface area contributed by atoms with Crippen molar-refractivity contribution in [3.63, 3.8) is 0 Å². The Bertz CT molecular complexity index is 626. The second-order valence-electron chi connectivity index (χ2n) is 6.27. The quantitative estimate of drug-likeness (QED) is 0.838. The van der Waals surface area contributed by atoms with Gasteiger partial charge < -0.3 is 14.8 Å². The van der Waals surface area contributed by atoms with Gasteiger partial charge in [-0.25, -0.2) is 8.78 Å². The molecule has 0 aromatic heterocycles. The maximum absolute atomic E-state index is 13.5. The molecule has 138 valence electrons. The standard InChI is InChI=1S/C16H16F5NO3/c17-15(18)8-14(9-15,10-4-2-1-3-5-10)22-13(23)11-12(16(19,20)21)25-7-6-24-11/h1-5,11-12H,6-9H2,(H,22,23)/t11-,12+/m0/s1. The molecule has 2 fully saturated rings. The average Bonchev–Trinajstić information content (AvgIpc) is 2.53. The molecule has 1 saturated carbocycles. The van der Waals surface area contributed by atoms with Crippen LogP contribution in [0.3, 0.4) is 0 Å². The summed E-state index contributed by atoms with van der Waals surface area (Å²) in [5, 5.41) is 2.35. The molecule has 1 aliphatic carbocycles. The number of carbonyl (C=O) groups excluding carboxylic acids is 1. The van der Waals surface area contributed by atoms with Crippen LogP contribution >= 0.6 is 0 Å². The lowest BCUT2D eigenvalue weighted by atomic mass is 9.69. The van der Waals surface area contributed by atoms with E-state index in [0.717, 1.165) is 0 Å². The molecule has 2 aliphatic rings. The van der Waals surface area contributed by atoms with Crippen LogP contribution in [-0.4, -0.2) is 43.4 Å². The van der Waals surface area contributed by atoms with Gasteiger partial charge in [0.25, 0.3) is 11.8 Å². The second kappa shape index (κ2) is 6.21. The van der Waals surface area contributed by atoms with E-state index in [4.69, 9.17) is 4.74 Å². The Kier molecular flexibility index (Phi) is 4.48. The molecule has 0 unspecified atom stereocenters. The van der Waals surface area contributed by atoms with Crippen LogP contribution in [0.1, 0.15) is 18.4 Å². The van der Waals surface area contributed by atoms with Gasteiger partial charge in [0.2, 0.25) is 0 Å². The fourth-order valence-corrected chi connectivity index (χ4v) is 3.26. The Morgan fingerprint density at radius 1 is 1.08 bits per heavy atom. The summed E-state index contributed by atoms with van der Waals surface area (Å²) in [5.74, 6) is -4.10. The smallest absolute Gasteiger partial charge is 0.363 e. The van der Waals surface area contributed by atoms with Gasteiger partial charge in [0.15, 0.2) is 12.2 Å². The first-order valence-electron chi connectivity index (χ1n) is 7.68. The summed E-state index contributed by atoms with van der Waals surface area (Å²) < 4.78 is 75.6. The lowest BCUT2D eigenvalue weighted by molar-refractivity contribution is -0.273. The molecule has 1 saturated heterocycles. The molecule has 2 atom stereocenters. The largest absolute Gasteiger partial charge is 0.417 e. The number of benzene rings is 1. The number of amides is 1. The molecular weight excluding hydrogens is 349 g/mol. The van der Waals surface area contributed by atoms with Crippen molar-refractivity contribution >= 4 is 5.91 Å². The van der Waals surface area contributed by atoms with E-state index in [1.165, 1.54) is 0 Å². The predicted molar refractivity (Wildman–Crippen MR) is 76.0 cm³/mol. The van der Waals surface area contributed by atoms with Crippen molar-refractivity contribution in [1.29, 1.82) is 0 Å². The summed E-state index contributed by atoms with van der Waals surface area (Å²) in [5.41, 5.74) is -1.01. The molecule has 1 aliphatic heterocycles. The SMILES string of the molecule is O=C(NC1(c2ccccc2)CC(F)(F)C1)[C@H]1OCCO[C@H]1C(F)(F)F. The number of rotatable bonds is 3. The van der Waals surface area contributed by atoms with Gasteiger partial charge in [0.1, 0.15) is 0 Å². The zero-order chi connectivity index (χ0) is 18.3. The number of hydrogen-bond donors (Lipinski definition) is 1. The van der Waals surface area contributed by atoms with Crippen molar-refractivity contribution in [2.45, 2.75) is 42.7 Å². The molecule has 1 aromatic carbocycles. The Balaban J connectivity index is 1.81. The van der Waals surface area contributed by atoms with Gasteiger partial charge in [-0.3, -0.25) is 4.79 Å². The van der Waals surface area contributed by atoms with Gasteiger partial charge in [-0.2, -0.15) is 13.2 Å². The highest BCUT2D eigenvalue weighted by Crippen LogP contribution is 2.51. The second-order valence-corrected chi connectivity index (χ2v) is 6.27. The van der Waals surface area contributed by atoms with Crippen molar-refractivity contribution in [2.75, 3.05) is 13.2 Å². The van der Waals surface area contributed by atoms with Crippen molar-refractivity contribution in [2.24, 2.45) is 0 Å². The molecule has 1 aromatic rings. The highest BCUT2D eigenvalue weighted by Gasteiger charge is 2.60. The normalized spacial score (nSPS) is 28.0. The zero-order valence-corrected chi connectivity index (χ0v) is 13.0. The lowest BCUT2D eigenvalue weighted by Crippen LogP contribution is -2.64. The lowest BCUT2D eigenvalue weighted by Gasteiger charge is -2.49. The van der Waals surface area contributed by atoms with E-state index in [0.29, 0.717) is 5.56 Å². The van der Waals surface area contributed by atoms with Crippen LogP contribution in [0.2, 0.25) is 0 Å². The summed E-state index contributed by atoms with van der Waals surface area (Å²) in [6.07, 6.45) is -10.5. The van der Waals surface area contributed by atoms with Crippen LogP contribution in [0.5, 0.6) is 0 Å². The highest BCUT2D eigenvalue weighted by atomic mass is 19.4. The molecule has 9 heteroatoms. The predicted octanol–water partition coefficient (Wildman–Crippen LogP) is 2.77. The molecule has 1 N–H and O–H groups in total. The minimum atomic E-state index is -4.80. The molecule has 25 heavy (non-hydrogen) atoms. The number of ether oxygens (including phenoxy) is 2. The van der Waals surface area contributed by atoms with E-state index in [9.17, 15) is 26.7 Å². The Morgan fingerprint density at radius 2 is 1.68 bits per heavy atom. The third-order valence-corrected chi connectivity index (χ3v) is 4.34. The van der Waals surface area contributed by atoms with E-state index in [1.807, 2.05) is 0 Å². The van der Waals surface area contributed by atoms with E-state index in [1.54, 1.807) is 30.3 Å². The maximum atomic E-state index is 13.5. The van der Waals surface area contributed by atoms with Crippen LogP contribution in [0.15, 0.2) is 30.3 Å². The Hall–Kier alpha value is -1.74. The first kappa shape index (κ1) is 18.1.